The van der Waals surface area contributed by atoms with Gasteiger partial charge < -0.3 is 14.8 Å². The van der Waals surface area contributed by atoms with E-state index in [-0.39, 0.29) is 29.0 Å². The molecule has 7 nitrogen and oxygen atoms in total. The van der Waals surface area contributed by atoms with Crippen molar-refractivity contribution in [2.45, 2.75) is 56.9 Å². The van der Waals surface area contributed by atoms with Crippen LogP contribution in [-0.2, 0) is 31.7 Å². The van der Waals surface area contributed by atoms with Crippen molar-refractivity contribution in [2.24, 2.45) is 18.9 Å². The molecule has 2 aromatic carbocycles. The van der Waals surface area contributed by atoms with Gasteiger partial charge in [0.15, 0.2) is 0 Å². The van der Waals surface area contributed by atoms with Crippen LogP contribution in [0.15, 0.2) is 42.7 Å². The van der Waals surface area contributed by atoms with Gasteiger partial charge in [-0.05, 0) is 78.6 Å². The highest BCUT2D eigenvalue weighted by molar-refractivity contribution is 6.10. The van der Waals surface area contributed by atoms with Crippen molar-refractivity contribution in [3.8, 4) is 0 Å². The van der Waals surface area contributed by atoms with Crippen LogP contribution in [0.25, 0.3) is 0 Å². The molecule has 1 saturated carbocycles. The summed E-state index contributed by atoms with van der Waals surface area (Å²) < 4.78 is 44.9. The van der Waals surface area contributed by atoms with Crippen LogP contribution in [-0.4, -0.2) is 51.2 Å². The number of hydrogen-bond donors (Lipinski definition) is 1. The lowest BCUT2D eigenvalue weighted by Gasteiger charge is -2.46. The number of likely N-dealkylation sites (tertiary alicyclic amines) is 1. The van der Waals surface area contributed by atoms with Gasteiger partial charge in [0.25, 0.3) is 5.91 Å². The van der Waals surface area contributed by atoms with Crippen molar-refractivity contribution in [1.29, 1.82) is 0 Å². The van der Waals surface area contributed by atoms with Crippen molar-refractivity contribution in [3.05, 3.63) is 76.4 Å². The van der Waals surface area contributed by atoms with Gasteiger partial charge in [-0.25, -0.2) is 0 Å². The lowest BCUT2D eigenvalue weighted by Crippen LogP contribution is -2.43. The molecule has 0 unspecified atom stereocenters. The molecule has 1 N–H and O–H groups in total. The molecular formula is C30H33F3N6O. The van der Waals surface area contributed by atoms with E-state index in [1.165, 1.54) is 11.0 Å². The lowest BCUT2D eigenvalue weighted by molar-refractivity contribution is -0.138. The van der Waals surface area contributed by atoms with Crippen LogP contribution < -0.4 is 10.2 Å². The maximum absolute atomic E-state index is 14.3. The molecular weight excluding hydrogens is 517 g/mol. The van der Waals surface area contributed by atoms with Crippen LogP contribution in [0.1, 0.15) is 64.6 Å². The molecule has 3 aliphatic heterocycles. The molecule has 1 amide bonds. The highest BCUT2D eigenvalue weighted by atomic mass is 19.4. The van der Waals surface area contributed by atoms with Crippen LogP contribution >= 0.6 is 0 Å². The minimum absolute atomic E-state index is 0.0619. The van der Waals surface area contributed by atoms with Crippen molar-refractivity contribution in [1.82, 2.24) is 25.0 Å². The van der Waals surface area contributed by atoms with E-state index < -0.39 is 11.7 Å². The molecule has 40 heavy (non-hydrogen) atoms. The molecule has 2 saturated heterocycles. The summed E-state index contributed by atoms with van der Waals surface area (Å²) in [5.41, 5.74) is 1.34. The number of fused-ring (bicyclic) bond motifs is 2. The number of benzene rings is 2. The average molecular weight is 551 g/mol. The third-order valence-corrected chi connectivity index (χ3v) is 9.50. The lowest BCUT2D eigenvalue weighted by atomic mass is 9.58. The molecule has 0 radical (unpaired) electrons. The van der Waals surface area contributed by atoms with Gasteiger partial charge in [0.05, 0.1) is 17.5 Å². The second-order valence-corrected chi connectivity index (χ2v) is 12.3. The number of anilines is 1. The molecule has 4 heterocycles. The third kappa shape index (κ3) is 4.06. The number of carbonyl (C=O) groups excluding carboxylic acids is 1. The fourth-order valence-electron chi connectivity index (χ4n) is 7.71. The Balaban J connectivity index is 1.21. The molecule has 210 valence electrons. The van der Waals surface area contributed by atoms with E-state index in [0.29, 0.717) is 35.7 Å². The number of nitrogens with one attached hydrogen (secondary N) is 1. The summed E-state index contributed by atoms with van der Waals surface area (Å²) in [4.78, 5) is 17.4. The Labute approximate surface area is 231 Å². The number of rotatable bonds is 5. The standard InChI is InChI=1S/C30H33F3N6O/c1-18-11-29(12-18,28-36-35-17-37(28)2)21-4-3-5-22(10-21)39-15-24-23(27(39)40)8-19(9-25(24)30(31,32)33)13-38-14-20-6-7-34-26(20)16-38/h3-5,8-10,17-18,20,26,34H,6-7,11-16H2,1-2H3/t18?,20-,26+,29?/m0/s1. The van der Waals surface area contributed by atoms with E-state index >= 15 is 0 Å². The van der Waals surface area contributed by atoms with E-state index in [2.05, 4.69) is 27.3 Å². The van der Waals surface area contributed by atoms with E-state index in [1.54, 1.807) is 12.4 Å². The Hall–Kier alpha value is -3.24. The number of amides is 1. The van der Waals surface area contributed by atoms with Gasteiger partial charge in [-0.3, -0.25) is 9.69 Å². The number of alkyl halides is 3. The summed E-state index contributed by atoms with van der Waals surface area (Å²) in [5, 5.41) is 12.0. The first-order valence-corrected chi connectivity index (χ1v) is 14.1. The summed E-state index contributed by atoms with van der Waals surface area (Å²) in [5.74, 6) is 1.54. The van der Waals surface area contributed by atoms with Gasteiger partial charge in [-0.1, -0.05) is 19.1 Å². The number of aryl methyl sites for hydroxylation is 1. The highest BCUT2D eigenvalue weighted by Gasteiger charge is 2.48. The average Bonchev–Trinajstić information content (AvgIpc) is 3.66. The fourth-order valence-corrected chi connectivity index (χ4v) is 7.71. The summed E-state index contributed by atoms with van der Waals surface area (Å²) in [6.45, 7) is 5.20. The summed E-state index contributed by atoms with van der Waals surface area (Å²) >= 11 is 0. The Bertz CT molecular complexity index is 1460. The summed E-state index contributed by atoms with van der Waals surface area (Å²) in [6.07, 6.45) is 0.0337. The molecule has 2 atom stereocenters. The van der Waals surface area contributed by atoms with Crippen molar-refractivity contribution in [3.63, 3.8) is 0 Å². The molecule has 0 spiro atoms. The molecule has 3 aromatic rings. The number of nitrogens with zero attached hydrogens (tertiary/aromatic N) is 5. The molecule has 1 aromatic heterocycles. The van der Waals surface area contributed by atoms with Crippen LogP contribution in [0.2, 0.25) is 0 Å². The second kappa shape index (κ2) is 9.14. The third-order valence-electron chi connectivity index (χ3n) is 9.50. The zero-order chi connectivity index (χ0) is 27.8. The number of carbonyl (C=O) groups is 1. The molecule has 1 aliphatic carbocycles. The Morgan fingerprint density at radius 1 is 1.15 bits per heavy atom. The van der Waals surface area contributed by atoms with Crippen molar-refractivity contribution >= 4 is 11.6 Å². The largest absolute Gasteiger partial charge is 0.416 e. The van der Waals surface area contributed by atoms with Gasteiger partial charge in [0.2, 0.25) is 0 Å². The smallest absolute Gasteiger partial charge is 0.320 e. The normalized spacial score (nSPS) is 28.2. The molecule has 0 bridgehead atoms. The van der Waals surface area contributed by atoms with E-state index in [1.807, 2.05) is 35.9 Å². The van der Waals surface area contributed by atoms with Crippen LogP contribution in [0.4, 0.5) is 18.9 Å². The Morgan fingerprint density at radius 2 is 1.98 bits per heavy atom. The number of hydrogen-bond acceptors (Lipinski definition) is 5. The van der Waals surface area contributed by atoms with E-state index in [4.69, 9.17) is 0 Å². The maximum Gasteiger partial charge on any atom is 0.416 e. The summed E-state index contributed by atoms with van der Waals surface area (Å²) in [7, 11) is 1.92. The predicted octanol–water partition coefficient (Wildman–Crippen LogP) is 4.50. The minimum Gasteiger partial charge on any atom is -0.320 e. The number of aromatic nitrogens is 3. The predicted molar refractivity (Wildman–Crippen MR) is 144 cm³/mol. The van der Waals surface area contributed by atoms with E-state index in [0.717, 1.165) is 50.3 Å². The monoisotopic (exact) mass is 550 g/mol. The topological polar surface area (TPSA) is 66.3 Å². The SMILES string of the molecule is CC1CC(c2cccc(N3Cc4c(cc(CN5C[C@@H]6CCN[C@@H]6C5)cc4C(F)(F)F)C3=O)c2)(c2nncn2C)C1. The molecule has 7 rings (SSSR count). The summed E-state index contributed by atoms with van der Waals surface area (Å²) in [6, 6.07) is 11.0. The van der Waals surface area contributed by atoms with Gasteiger partial charge in [-0.15, -0.1) is 10.2 Å². The van der Waals surface area contributed by atoms with Crippen LogP contribution in [0, 0.1) is 11.8 Å². The molecule has 3 fully saturated rings. The number of halogens is 3. The second-order valence-electron chi connectivity index (χ2n) is 12.3. The highest BCUT2D eigenvalue weighted by Crippen LogP contribution is 2.52. The zero-order valence-electron chi connectivity index (χ0n) is 22.7. The van der Waals surface area contributed by atoms with Crippen LogP contribution in [0.5, 0.6) is 0 Å². The van der Waals surface area contributed by atoms with Crippen molar-refractivity contribution in [2.75, 3.05) is 24.5 Å². The van der Waals surface area contributed by atoms with Gasteiger partial charge in [0.1, 0.15) is 12.2 Å². The maximum atomic E-state index is 14.3. The van der Waals surface area contributed by atoms with Gasteiger partial charge in [-0.2, -0.15) is 13.2 Å². The fraction of sp³-hybridized carbons (Fsp3) is 0.500. The molecule has 10 heteroatoms. The Morgan fingerprint density at radius 3 is 2.67 bits per heavy atom. The quantitative estimate of drug-likeness (QED) is 0.507. The molecule has 4 aliphatic rings. The van der Waals surface area contributed by atoms with Crippen molar-refractivity contribution < 1.29 is 18.0 Å². The van der Waals surface area contributed by atoms with Crippen LogP contribution in [0.3, 0.4) is 0 Å². The zero-order valence-corrected chi connectivity index (χ0v) is 22.7. The first-order chi connectivity index (χ1) is 19.1. The van der Waals surface area contributed by atoms with E-state index in [9.17, 15) is 18.0 Å². The Kier molecular flexibility index (Phi) is 5.87. The first kappa shape index (κ1) is 25.7. The minimum atomic E-state index is -4.54. The first-order valence-electron chi connectivity index (χ1n) is 14.1. The van der Waals surface area contributed by atoms with Gasteiger partial charge in [0, 0.05) is 44.0 Å². The van der Waals surface area contributed by atoms with Gasteiger partial charge >= 0.3 is 6.18 Å².